The van der Waals surface area contributed by atoms with Crippen LogP contribution >= 0.6 is 24.0 Å². The summed E-state index contributed by atoms with van der Waals surface area (Å²) in [7, 11) is 6.87. The average Bonchev–Trinajstić information content (AvgIpc) is 3.61. The Balaban J connectivity index is 0.00000289. The van der Waals surface area contributed by atoms with E-state index in [0.717, 1.165) is 51.1 Å². The Labute approximate surface area is 209 Å². The molecule has 1 heterocycles. The maximum absolute atomic E-state index is 5.51. The molecule has 3 fully saturated rings. The van der Waals surface area contributed by atoms with Crippen molar-refractivity contribution in [3.63, 3.8) is 0 Å². The molecule has 0 amide bonds. The number of hydrogen-bond donors (Lipinski definition) is 1. The van der Waals surface area contributed by atoms with Crippen molar-refractivity contribution in [1.29, 1.82) is 0 Å². The molecule has 2 aliphatic carbocycles. The predicted octanol–water partition coefficient (Wildman–Crippen LogP) is 3.60. The van der Waals surface area contributed by atoms with Crippen LogP contribution in [0.25, 0.3) is 0 Å². The normalized spacial score (nSPS) is 20.8. The Morgan fingerprint density at radius 3 is 2.09 bits per heavy atom. The summed E-state index contributed by atoms with van der Waals surface area (Å²) in [4.78, 5) is 9.47. The summed E-state index contributed by atoms with van der Waals surface area (Å²) in [6.45, 7) is 5.94. The number of ether oxygens (including phenoxy) is 3. The summed E-state index contributed by atoms with van der Waals surface area (Å²) in [5.74, 6) is 4.09. The van der Waals surface area contributed by atoms with E-state index < -0.39 is 0 Å². The molecule has 7 nitrogen and oxygen atoms in total. The van der Waals surface area contributed by atoms with E-state index in [1.165, 1.54) is 37.7 Å². The van der Waals surface area contributed by atoms with Crippen molar-refractivity contribution >= 4 is 29.9 Å². The van der Waals surface area contributed by atoms with Crippen LogP contribution in [0.3, 0.4) is 0 Å². The van der Waals surface area contributed by atoms with Crippen molar-refractivity contribution in [1.82, 2.24) is 15.1 Å². The van der Waals surface area contributed by atoms with Gasteiger partial charge in [0.15, 0.2) is 17.5 Å². The fourth-order valence-corrected chi connectivity index (χ4v) is 5.25. The molecule has 1 N–H and O–H groups in total. The van der Waals surface area contributed by atoms with Gasteiger partial charge in [-0.1, -0.05) is 6.42 Å². The molecule has 0 unspecified atom stereocenters. The summed E-state index contributed by atoms with van der Waals surface area (Å²) in [5, 5.41) is 3.72. The monoisotopic (exact) mass is 558 g/mol. The number of rotatable bonds is 8. The summed E-state index contributed by atoms with van der Waals surface area (Å²) in [6.07, 6.45) is 7.05. The number of nitrogens with one attached hydrogen (secondary N) is 1. The molecule has 3 aliphatic rings. The first-order valence-electron chi connectivity index (χ1n) is 11.6. The molecule has 0 spiro atoms. The van der Waals surface area contributed by atoms with Crippen molar-refractivity contribution < 1.29 is 14.2 Å². The van der Waals surface area contributed by atoms with Crippen LogP contribution in [-0.4, -0.2) is 76.9 Å². The number of methoxy groups -OCH3 is 3. The van der Waals surface area contributed by atoms with Crippen LogP contribution in [0.4, 0.5) is 0 Å². The van der Waals surface area contributed by atoms with Gasteiger partial charge in [-0.25, -0.2) is 0 Å². The van der Waals surface area contributed by atoms with Crippen molar-refractivity contribution in [2.24, 2.45) is 16.3 Å². The number of nitrogens with zero attached hydrogens (tertiary/aromatic N) is 3. The summed E-state index contributed by atoms with van der Waals surface area (Å²) < 4.78 is 16.5. The molecular formula is C24H39IN4O3. The van der Waals surface area contributed by atoms with E-state index >= 15 is 0 Å². The molecule has 1 saturated heterocycles. The summed E-state index contributed by atoms with van der Waals surface area (Å²) in [5.41, 5.74) is 1.73. The van der Waals surface area contributed by atoms with E-state index in [4.69, 9.17) is 14.2 Å². The number of guanidine groups is 1. The van der Waals surface area contributed by atoms with Crippen molar-refractivity contribution in [3.05, 3.63) is 17.7 Å². The standard InChI is InChI=1S/C24H38N4O3.HI/c1-25-23(26-17-24(8-5-9-24)19-6-7-19)28-12-10-27(11-13-28)16-18-14-20(29-2)22(31-4)21(15-18)30-3;/h14-15,19H,5-13,16-17H2,1-4H3,(H,25,26);1H. The largest absolute Gasteiger partial charge is 0.493 e. The minimum atomic E-state index is 0. The molecule has 180 valence electrons. The minimum absolute atomic E-state index is 0. The molecule has 32 heavy (non-hydrogen) atoms. The Hall–Kier alpha value is -1.42. The molecule has 1 aliphatic heterocycles. The molecule has 0 bridgehead atoms. The first kappa shape index (κ1) is 25.2. The van der Waals surface area contributed by atoms with Crippen molar-refractivity contribution in [3.8, 4) is 17.2 Å². The molecule has 0 aromatic heterocycles. The Kier molecular flexibility index (Phi) is 8.77. The van der Waals surface area contributed by atoms with E-state index in [1.807, 2.05) is 19.2 Å². The number of halogens is 1. The second-order valence-electron chi connectivity index (χ2n) is 9.19. The molecule has 0 radical (unpaired) electrons. The molecule has 0 atom stereocenters. The highest BCUT2D eigenvalue weighted by molar-refractivity contribution is 14.0. The minimum Gasteiger partial charge on any atom is -0.493 e. The van der Waals surface area contributed by atoms with Gasteiger partial charge in [-0.05, 0) is 54.7 Å². The molecule has 4 rings (SSSR count). The maximum Gasteiger partial charge on any atom is 0.203 e. The van der Waals surface area contributed by atoms with Gasteiger partial charge >= 0.3 is 0 Å². The molecule has 1 aromatic rings. The lowest BCUT2D eigenvalue weighted by Crippen LogP contribution is -2.54. The number of aliphatic imine (C=N–C) groups is 1. The fourth-order valence-electron chi connectivity index (χ4n) is 5.25. The van der Waals surface area contributed by atoms with Gasteiger partial charge in [0.1, 0.15) is 0 Å². The van der Waals surface area contributed by atoms with E-state index in [2.05, 4.69) is 20.1 Å². The van der Waals surface area contributed by atoms with Crippen molar-refractivity contribution in [2.45, 2.75) is 38.6 Å². The first-order chi connectivity index (χ1) is 15.1. The lowest BCUT2D eigenvalue weighted by atomic mass is 9.65. The smallest absolute Gasteiger partial charge is 0.203 e. The van der Waals surface area contributed by atoms with Gasteiger partial charge < -0.3 is 24.4 Å². The van der Waals surface area contributed by atoms with Crippen LogP contribution in [0, 0.1) is 11.3 Å². The van der Waals surface area contributed by atoms with Gasteiger partial charge in [0.2, 0.25) is 5.75 Å². The Bertz CT molecular complexity index is 762. The average molecular weight is 559 g/mol. The Morgan fingerprint density at radius 1 is 1.03 bits per heavy atom. The van der Waals surface area contributed by atoms with Gasteiger partial charge in [0.25, 0.3) is 0 Å². The van der Waals surface area contributed by atoms with Crippen LogP contribution in [0.15, 0.2) is 17.1 Å². The van der Waals surface area contributed by atoms with Crippen LogP contribution in [-0.2, 0) is 6.54 Å². The van der Waals surface area contributed by atoms with Gasteiger partial charge in [-0.2, -0.15) is 0 Å². The SMILES string of the molecule is CN=C(NCC1(C2CC2)CCC1)N1CCN(Cc2cc(OC)c(OC)c(OC)c2)CC1.I. The van der Waals surface area contributed by atoms with Crippen LogP contribution in [0.2, 0.25) is 0 Å². The van der Waals surface area contributed by atoms with Gasteiger partial charge in [-0.15, -0.1) is 24.0 Å². The van der Waals surface area contributed by atoms with Crippen LogP contribution in [0.5, 0.6) is 17.2 Å². The number of hydrogen-bond acceptors (Lipinski definition) is 5. The lowest BCUT2D eigenvalue weighted by Gasteiger charge is -2.44. The van der Waals surface area contributed by atoms with Crippen LogP contribution in [0.1, 0.15) is 37.7 Å². The third-order valence-corrected chi connectivity index (χ3v) is 7.41. The highest BCUT2D eigenvalue weighted by atomic mass is 127. The summed E-state index contributed by atoms with van der Waals surface area (Å²) in [6, 6.07) is 4.09. The molecule has 8 heteroatoms. The predicted molar refractivity (Wildman–Crippen MR) is 139 cm³/mol. The quantitative estimate of drug-likeness (QED) is 0.299. The fraction of sp³-hybridized carbons (Fsp3) is 0.708. The van der Waals surface area contributed by atoms with Gasteiger partial charge in [0, 0.05) is 46.3 Å². The van der Waals surface area contributed by atoms with Gasteiger partial charge in [0.05, 0.1) is 21.3 Å². The molecule has 2 saturated carbocycles. The van der Waals surface area contributed by atoms with Crippen molar-refractivity contribution in [2.75, 3.05) is 61.1 Å². The van der Waals surface area contributed by atoms with E-state index in [9.17, 15) is 0 Å². The van der Waals surface area contributed by atoms with E-state index in [0.29, 0.717) is 22.7 Å². The second kappa shape index (κ2) is 11.1. The van der Waals surface area contributed by atoms with Gasteiger partial charge in [-0.3, -0.25) is 9.89 Å². The van der Waals surface area contributed by atoms with E-state index in [1.54, 1.807) is 21.3 Å². The molecule has 1 aromatic carbocycles. The topological polar surface area (TPSA) is 58.6 Å². The van der Waals surface area contributed by atoms with Crippen LogP contribution < -0.4 is 19.5 Å². The number of piperazine rings is 1. The zero-order valence-electron chi connectivity index (χ0n) is 20.0. The molecular weight excluding hydrogens is 519 g/mol. The van der Waals surface area contributed by atoms with E-state index in [-0.39, 0.29) is 24.0 Å². The highest BCUT2D eigenvalue weighted by Gasteiger charge is 2.48. The zero-order valence-corrected chi connectivity index (χ0v) is 22.3. The second-order valence-corrected chi connectivity index (χ2v) is 9.19. The zero-order chi connectivity index (χ0) is 21.8. The maximum atomic E-state index is 5.51. The summed E-state index contributed by atoms with van der Waals surface area (Å²) >= 11 is 0. The lowest BCUT2D eigenvalue weighted by molar-refractivity contribution is 0.103. The third kappa shape index (κ3) is 5.38. The third-order valence-electron chi connectivity index (χ3n) is 7.41. The first-order valence-corrected chi connectivity index (χ1v) is 11.6. The Morgan fingerprint density at radius 2 is 1.66 bits per heavy atom. The number of benzene rings is 1. The highest BCUT2D eigenvalue weighted by Crippen LogP contribution is 2.56.